The molecule has 0 bridgehead atoms. The van der Waals surface area contributed by atoms with Crippen LogP contribution in [-0.2, 0) is 26.2 Å². The molecule has 0 atom stereocenters. The monoisotopic (exact) mass is 596 g/mol. The van der Waals surface area contributed by atoms with E-state index < -0.39 is 21.3 Å². The summed E-state index contributed by atoms with van der Waals surface area (Å²) in [6.07, 6.45) is 7.65. The topological polar surface area (TPSA) is 121 Å². The van der Waals surface area contributed by atoms with E-state index in [1.807, 2.05) is 68.1 Å². The summed E-state index contributed by atoms with van der Waals surface area (Å²) in [5.41, 5.74) is 3.50. The van der Waals surface area contributed by atoms with Crippen LogP contribution >= 0.6 is 0 Å². The van der Waals surface area contributed by atoms with Crippen LogP contribution in [0.1, 0.15) is 72.8 Å². The lowest BCUT2D eigenvalue weighted by atomic mass is 9.87. The Morgan fingerprint density at radius 2 is 1.74 bits per heavy atom. The molecule has 0 spiro atoms. The quantitative estimate of drug-likeness (QED) is 0.103. The molecule has 42 heavy (non-hydrogen) atoms. The van der Waals surface area contributed by atoms with Crippen molar-refractivity contribution >= 4 is 38.3 Å². The molecular formula is C32H40N2O7S. The van der Waals surface area contributed by atoms with Crippen LogP contribution < -0.4 is 15.1 Å². The van der Waals surface area contributed by atoms with Crippen molar-refractivity contribution in [3.63, 3.8) is 0 Å². The van der Waals surface area contributed by atoms with Gasteiger partial charge < -0.3 is 18.6 Å². The number of carbonyl (C=O) groups excluding carboxylic acids is 1. The molecule has 10 heteroatoms. The smallest absolute Gasteiger partial charge is 0.344 e. The summed E-state index contributed by atoms with van der Waals surface area (Å²) in [4.78, 5) is 27.6. The van der Waals surface area contributed by atoms with E-state index in [0.717, 1.165) is 22.2 Å². The molecule has 0 fully saturated rings. The molecule has 9 nitrogen and oxygen atoms in total. The van der Waals surface area contributed by atoms with E-state index in [2.05, 4.69) is 31.7 Å². The molecule has 0 saturated carbocycles. The molecule has 0 unspecified atom stereocenters. The maximum Gasteiger partial charge on any atom is 0.344 e. The first-order valence-electron chi connectivity index (χ1n) is 14.3. The highest BCUT2D eigenvalue weighted by Gasteiger charge is 2.32. The summed E-state index contributed by atoms with van der Waals surface area (Å²) in [6.45, 7) is 13.1. The third-order valence-corrected chi connectivity index (χ3v) is 8.07. The molecule has 0 radical (unpaired) electrons. The standard InChI is InChI=1S/C32H40N2O7S/c1-22-21-32(5,6)34(14-9-10-29(35)41-31(2,3)4)27-20-28-24(18-25(22)27)19-26(30(36)40-28)23-11-15-33(16-12-23)13-7-8-17-42(37,38)39/h11-12,15-16,18-21H,7-10,13-14,17H2,1-6H3. The Morgan fingerprint density at radius 1 is 1.07 bits per heavy atom. The van der Waals surface area contributed by atoms with Crippen molar-refractivity contribution in [1.29, 1.82) is 0 Å². The van der Waals surface area contributed by atoms with Crippen LogP contribution in [-0.4, -0.2) is 42.4 Å². The zero-order chi connectivity index (χ0) is 30.9. The van der Waals surface area contributed by atoms with Gasteiger partial charge in [-0.3, -0.25) is 4.79 Å². The van der Waals surface area contributed by atoms with Crippen molar-refractivity contribution in [2.24, 2.45) is 0 Å². The largest absolute Gasteiger partial charge is 0.748 e. The number of fused-ring (bicyclic) bond motifs is 2. The number of carbonyl (C=O) groups is 1. The molecule has 0 N–H and O–H groups in total. The van der Waals surface area contributed by atoms with Gasteiger partial charge in [-0.2, -0.15) is 0 Å². The fourth-order valence-electron chi connectivity index (χ4n) is 5.43. The van der Waals surface area contributed by atoms with Gasteiger partial charge in [0, 0.05) is 65.5 Å². The van der Waals surface area contributed by atoms with Crippen LogP contribution in [0.3, 0.4) is 0 Å². The second kappa shape index (κ2) is 12.0. The summed E-state index contributed by atoms with van der Waals surface area (Å²) in [6, 6.07) is 9.46. The fraction of sp³-hybridized carbons (Fsp3) is 0.469. The van der Waals surface area contributed by atoms with Crippen molar-refractivity contribution in [3.05, 3.63) is 64.8 Å². The highest BCUT2D eigenvalue weighted by molar-refractivity contribution is 7.85. The van der Waals surface area contributed by atoms with Gasteiger partial charge in [0.1, 0.15) is 17.7 Å². The SMILES string of the molecule is CC1=CC(C)(C)N(CCCC(=O)OC(C)(C)C)c2cc3oc(=O)c(-c4cc[n+](CCCCS(=O)(=O)[O-])cc4)cc3cc21. The first-order valence-corrected chi connectivity index (χ1v) is 15.8. The maximum absolute atomic E-state index is 13.1. The van der Waals surface area contributed by atoms with Crippen molar-refractivity contribution in [2.75, 3.05) is 17.2 Å². The van der Waals surface area contributed by atoms with Crippen LogP contribution in [0.4, 0.5) is 5.69 Å². The number of hydrogen-bond acceptors (Lipinski definition) is 8. The molecule has 1 aliphatic heterocycles. The number of anilines is 1. The molecule has 226 valence electrons. The van der Waals surface area contributed by atoms with Gasteiger partial charge in [-0.05, 0) is 72.1 Å². The minimum Gasteiger partial charge on any atom is -0.748 e. The molecule has 0 aliphatic carbocycles. The molecule has 2 aromatic heterocycles. The lowest BCUT2D eigenvalue weighted by Crippen LogP contribution is -2.45. The number of rotatable bonds is 10. The molecular weight excluding hydrogens is 556 g/mol. The van der Waals surface area contributed by atoms with Gasteiger partial charge in [0.2, 0.25) is 0 Å². The number of aryl methyl sites for hydroxylation is 1. The zero-order valence-electron chi connectivity index (χ0n) is 25.2. The number of aromatic nitrogens is 1. The normalized spacial score (nSPS) is 14.9. The van der Waals surface area contributed by atoms with E-state index in [1.165, 1.54) is 0 Å². The molecule has 0 amide bonds. The second-order valence-corrected chi connectivity index (χ2v) is 14.0. The summed E-state index contributed by atoms with van der Waals surface area (Å²) < 4.78 is 45.6. The predicted octanol–water partition coefficient (Wildman–Crippen LogP) is 5.20. The van der Waals surface area contributed by atoms with Crippen LogP contribution in [0.5, 0.6) is 0 Å². The Morgan fingerprint density at radius 3 is 2.38 bits per heavy atom. The van der Waals surface area contributed by atoms with Crippen LogP contribution in [0, 0.1) is 0 Å². The van der Waals surface area contributed by atoms with Gasteiger partial charge in [-0.1, -0.05) is 6.08 Å². The Hall–Kier alpha value is -3.50. The maximum atomic E-state index is 13.1. The molecule has 3 aromatic rings. The van der Waals surface area contributed by atoms with E-state index in [4.69, 9.17) is 9.15 Å². The average Bonchev–Trinajstić information content (AvgIpc) is 2.86. The first kappa shape index (κ1) is 31.4. The van der Waals surface area contributed by atoms with E-state index in [0.29, 0.717) is 55.5 Å². The number of unbranched alkanes of at least 4 members (excludes halogenated alkanes) is 1. The first-order chi connectivity index (χ1) is 19.5. The molecule has 0 saturated heterocycles. The van der Waals surface area contributed by atoms with Crippen molar-refractivity contribution < 1.29 is 31.5 Å². The van der Waals surface area contributed by atoms with Gasteiger partial charge in [0.15, 0.2) is 12.4 Å². The van der Waals surface area contributed by atoms with Gasteiger partial charge in [-0.25, -0.2) is 17.8 Å². The van der Waals surface area contributed by atoms with E-state index in [-0.39, 0.29) is 17.3 Å². The number of hydrogen-bond donors (Lipinski definition) is 0. The van der Waals surface area contributed by atoms with E-state index in [1.54, 1.807) is 0 Å². The molecule has 3 heterocycles. The van der Waals surface area contributed by atoms with Gasteiger partial charge in [0.25, 0.3) is 0 Å². The highest BCUT2D eigenvalue weighted by Crippen LogP contribution is 2.41. The van der Waals surface area contributed by atoms with Crippen LogP contribution in [0.2, 0.25) is 0 Å². The number of allylic oxidation sites excluding steroid dienone is 1. The van der Waals surface area contributed by atoms with Gasteiger partial charge in [-0.15, -0.1) is 0 Å². The molecule has 1 aromatic carbocycles. The Kier molecular flexibility index (Phi) is 8.99. The van der Waals surface area contributed by atoms with Crippen LogP contribution in [0.15, 0.2) is 58.0 Å². The van der Waals surface area contributed by atoms with Crippen molar-refractivity contribution in [1.82, 2.24) is 0 Å². The molecule has 1 aliphatic rings. The molecule has 4 rings (SSSR count). The fourth-order valence-corrected chi connectivity index (χ4v) is 5.99. The van der Waals surface area contributed by atoms with E-state index >= 15 is 0 Å². The predicted molar refractivity (Wildman–Crippen MR) is 162 cm³/mol. The lowest BCUT2D eigenvalue weighted by Gasteiger charge is -2.43. The third kappa shape index (κ3) is 7.86. The summed E-state index contributed by atoms with van der Waals surface area (Å²) in [7, 11) is -4.20. The van der Waals surface area contributed by atoms with Crippen LogP contribution in [0.25, 0.3) is 27.7 Å². The number of esters is 1. The minimum atomic E-state index is -4.20. The number of pyridine rings is 1. The van der Waals surface area contributed by atoms with Gasteiger partial charge in [0.05, 0.1) is 21.2 Å². The summed E-state index contributed by atoms with van der Waals surface area (Å²) in [5.74, 6) is -0.592. The number of nitrogens with zero attached hydrogens (tertiary/aromatic N) is 2. The van der Waals surface area contributed by atoms with E-state index in [9.17, 15) is 22.6 Å². The van der Waals surface area contributed by atoms with Gasteiger partial charge >= 0.3 is 11.6 Å². The highest BCUT2D eigenvalue weighted by atomic mass is 32.2. The lowest BCUT2D eigenvalue weighted by molar-refractivity contribution is -0.697. The Labute approximate surface area is 247 Å². The van der Waals surface area contributed by atoms with Crippen molar-refractivity contribution in [3.8, 4) is 11.1 Å². The number of benzene rings is 1. The second-order valence-electron chi connectivity index (χ2n) is 12.5. The van der Waals surface area contributed by atoms with Crippen molar-refractivity contribution in [2.45, 2.75) is 84.9 Å². The average molecular weight is 597 g/mol. The minimum absolute atomic E-state index is 0.220. The Balaban J connectivity index is 1.57. The summed E-state index contributed by atoms with van der Waals surface area (Å²) in [5, 5.41) is 0.806. The zero-order valence-corrected chi connectivity index (χ0v) is 26.0. The Bertz CT molecular complexity index is 1660. The number of ether oxygens (including phenoxy) is 1. The summed E-state index contributed by atoms with van der Waals surface area (Å²) >= 11 is 0. The third-order valence-electron chi connectivity index (χ3n) is 7.28.